The van der Waals surface area contributed by atoms with Crippen molar-refractivity contribution in [1.29, 1.82) is 0 Å². The maximum Gasteiger partial charge on any atom is 0.0534 e. The van der Waals surface area contributed by atoms with E-state index in [9.17, 15) is 0 Å². The predicted octanol–water partition coefficient (Wildman–Crippen LogP) is 2.25. The van der Waals surface area contributed by atoms with Crippen LogP contribution in [0.5, 0.6) is 0 Å². The van der Waals surface area contributed by atoms with E-state index in [-0.39, 0.29) is 0 Å². The fraction of sp³-hybridized carbons (Fsp3) is 0.583. The van der Waals surface area contributed by atoms with Gasteiger partial charge in [0.1, 0.15) is 0 Å². The lowest BCUT2D eigenvalue weighted by atomic mass is 10.1. The lowest BCUT2D eigenvalue weighted by Gasteiger charge is -2.11. The zero-order valence-electron chi connectivity index (χ0n) is 9.74. The van der Waals surface area contributed by atoms with E-state index < -0.39 is 0 Å². The normalized spacial score (nSPS) is 12.7. The molecule has 0 fully saturated rings. The minimum absolute atomic E-state index is 0.560. The van der Waals surface area contributed by atoms with Gasteiger partial charge in [-0.15, -0.1) is 6.58 Å². The van der Waals surface area contributed by atoms with Crippen molar-refractivity contribution in [1.82, 2.24) is 15.1 Å². The Hall–Kier alpha value is -1.09. The average Bonchev–Trinajstić information content (AvgIpc) is 2.62. The number of rotatable bonds is 7. The van der Waals surface area contributed by atoms with Crippen LogP contribution in [-0.4, -0.2) is 15.8 Å². The fourth-order valence-electron chi connectivity index (χ4n) is 1.53. The average molecular weight is 207 g/mol. The molecule has 1 aromatic rings. The van der Waals surface area contributed by atoms with Crippen LogP contribution in [-0.2, 0) is 13.6 Å². The summed E-state index contributed by atoms with van der Waals surface area (Å²) in [5, 5.41) is 7.62. The molecule has 0 aliphatic rings. The molecule has 0 bridgehead atoms. The van der Waals surface area contributed by atoms with Crippen LogP contribution in [0.1, 0.15) is 31.7 Å². The SMILES string of the molecule is C=CCCCC(C)NCc1cnn(C)c1. The first kappa shape index (κ1) is 12.0. The summed E-state index contributed by atoms with van der Waals surface area (Å²) < 4.78 is 1.83. The number of aryl methyl sites for hydroxylation is 1. The third-order valence-electron chi connectivity index (χ3n) is 2.46. The summed E-state index contributed by atoms with van der Waals surface area (Å²) in [6.07, 6.45) is 9.46. The summed E-state index contributed by atoms with van der Waals surface area (Å²) in [5.74, 6) is 0. The van der Waals surface area contributed by atoms with Gasteiger partial charge in [-0.25, -0.2) is 0 Å². The third kappa shape index (κ3) is 4.79. The standard InChI is InChI=1S/C12H21N3/c1-4-5-6-7-11(2)13-8-12-9-14-15(3)10-12/h4,9-11,13H,1,5-8H2,2-3H3. The lowest BCUT2D eigenvalue weighted by molar-refractivity contribution is 0.500. The minimum atomic E-state index is 0.560. The Morgan fingerprint density at radius 3 is 3.07 bits per heavy atom. The largest absolute Gasteiger partial charge is 0.310 e. The molecule has 1 atom stereocenters. The number of nitrogens with one attached hydrogen (secondary N) is 1. The first-order chi connectivity index (χ1) is 7.22. The first-order valence-electron chi connectivity index (χ1n) is 5.54. The Morgan fingerprint density at radius 1 is 1.67 bits per heavy atom. The van der Waals surface area contributed by atoms with Gasteiger partial charge in [0.15, 0.2) is 0 Å². The molecule has 3 heteroatoms. The van der Waals surface area contributed by atoms with Crippen molar-refractivity contribution in [3.63, 3.8) is 0 Å². The smallest absolute Gasteiger partial charge is 0.0534 e. The first-order valence-corrected chi connectivity index (χ1v) is 5.54. The molecule has 84 valence electrons. The minimum Gasteiger partial charge on any atom is -0.310 e. The molecule has 0 saturated heterocycles. The number of unbranched alkanes of at least 4 members (excludes halogenated alkanes) is 1. The van der Waals surface area contributed by atoms with Crippen LogP contribution in [0, 0.1) is 0 Å². The molecule has 0 radical (unpaired) electrons. The molecule has 15 heavy (non-hydrogen) atoms. The summed E-state index contributed by atoms with van der Waals surface area (Å²) in [4.78, 5) is 0. The van der Waals surface area contributed by atoms with Gasteiger partial charge >= 0.3 is 0 Å². The second kappa shape index (κ2) is 6.40. The lowest BCUT2D eigenvalue weighted by Crippen LogP contribution is -2.25. The number of nitrogens with zero attached hydrogens (tertiary/aromatic N) is 2. The summed E-state index contributed by atoms with van der Waals surface area (Å²) in [6, 6.07) is 0.560. The summed E-state index contributed by atoms with van der Waals surface area (Å²) >= 11 is 0. The second-order valence-electron chi connectivity index (χ2n) is 4.02. The topological polar surface area (TPSA) is 29.9 Å². The monoisotopic (exact) mass is 207 g/mol. The van der Waals surface area contributed by atoms with Gasteiger partial charge in [-0.05, 0) is 26.2 Å². The zero-order chi connectivity index (χ0) is 11.1. The molecule has 0 amide bonds. The van der Waals surface area contributed by atoms with Crippen molar-refractivity contribution < 1.29 is 0 Å². The predicted molar refractivity (Wildman–Crippen MR) is 63.6 cm³/mol. The molecule has 0 spiro atoms. The Bertz CT molecular complexity index is 291. The maximum absolute atomic E-state index is 4.13. The fourth-order valence-corrected chi connectivity index (χ4v) is 1.53. The van der Waals surface area contributed by atoms with Gasteiger partial charge in [0.2, 0.25) is 0 Å². The van der Waals surface area contributed by atoms with E-state index >= 15 is 0 Å². The quantitative estimate of drug-likeness (QED) is 0.549. The molecule has 0 aromatic carbocycles. The zero-order valence-corrected chi connectivity index (χ0v) is 9.74. The van der Waals surface area contributed by atoms with Crippen molar-refractivity contribution in [2.45, 2.75) is 38.8 Å². The van der Waals surface area contributed by atoms with E-state index in [0.29, 0.717) is 6.04 Å². The van der Waals surface area contributed by atoms with Gasteiger partial charge in [0.05, 0.1) is 6.20 Å². The van der Waals surface area contributed by atoms with E-state index in [1.54, 1.807) is 0 Å². The van der Waals surface area contributed by atoms with Crippen LogP contribution in [0.3, 0.4) is 0 Å². The summed E-state index contributed by atoms with van der Waals surface area (Å²) in [5.41, 5.74) is 1.24. The molecule has 1 heterocycles. The Morgan fingerprint density at radius 2 is 2.47 bits per heavy atom. The molecule has 1 rings (SSSR count). The second-order valence-corrected chi connectivity index (χ2v) is 4.02. The van der Waals surface area contributed by atoms with Crippen LogP contribution in [0.15, 0.2) is 25.0 Å². The van der Waals surface area contributed by atoms with Crippen LogP contribution >= 0.6 is 0 Å². The summed E-state index contributed by atoms with van der Waals surface area (Å²) in [6.45, 7) is 6.85. The third-order valence-corrected chi connectivity index (χ3v) is 2.46. The van der Waals surface area contributed by atoms with Gasteiger partial charge < -0.3 is 5.32 Å². The number of hydrogen-bond donors (Lipinski definition) is 1. The van der Waals surface area contributed by atoms with Gasteiger partial charge in [-0.3, -0.25) is 4.68 Å². The number of allylic oxidation sites excluding steroid dienone is 1. The molecule has 0 aliphatic heterocycles. The van der Waals surface area contributed by atoms with E-state index in [1.165, 1.54) is 18.4 Å². The van der Waals surface area contributed by atoms with E-state index in [1.807, 2.05) is 30.2 Å². The van der Waals surface area contributed by atoms with Crippen molar-refractivity contribution in [3.8, 4) is 0 Å². The molecule has 1 unspecified atom stereocenters. The van der Waals surface area contributed by atoms with Crippen LogP contribution in [0.2, 0.25) is 0 Å². The number of hydrogen-bond acceptors (Lipinski definition) is 2. The highest BCUT2D eigenvalue weighted by molar-refractivity contribution is 5.02. The van der Waals surface area contributed by atoms with Gasteiger partial charge in [0, 0.05) is 31.4 Å². The molecule has 1 N–H and O–H groups in total. The Kier molecular flexibility index (Phi) is 5.12. The van der Waals surface area contributed by atoms with Gasteiger partial charge in [-0.1, -0.05) is 6.08 Å². The highest BCUT2D eigenvalue weighted by Crippen LogP contribution is 2.02. The molecule has 0 saturated carbocycles. The number of aromatic nitrogens is 2. The highest BCUT2D eigenvalue weighted by atomic mass is 15.2. The molecule has 0 aliphatic carbocycles. The van der Waals surface area contributed by atoms with Crippen molar-refractivity contribution in [3.05, 3.63) is 30.6 Å². The van der Waals surface area contributed by atoms with Crippen molar-refractivity contribution in [2.75, 3.05) is 0 Å². The molecule has 1 aromatic heterocycles. The molecular formula is C12H21N3. The van der Waals surface area contributed by atoms with Gasteiger partial charge in [0.25, 0.3) is 0 Å². The Balaban J connectivity index is 2.16. The summed E-state index contributed by atoms with van der Waals surface area (Å²) in [7, 11) is 1.94. The maximum atomic E-state index is 4.13. The van der Waals surface area contributed by atoms with Crippen molar-refractivity contribution >= 4 is 0 Å². The highest BCUT2D eigenvalue weighted by Gasteiger charge is 2.01. The van der Waals surface area contributed by atoms with E-state index in [2.05, 4.69) is 23.9 Å². The van der Waals surface area contributed by atoms with E-state index in [4.69, 9.17) is 0 Å². The van der Waals surface area contributed by atoms with Crippen LogP contribution in [0.4, 0.5) is 0 Å². The molecular weight excluding hydrogens is 186 g/mol. The van der Waals surface area contributed by atoms with Gasteiger partial charge in [-0.2, -0.15) is 5.10 Å². The van der Waals surface area contributed by atoms with E-state index in [0.717, 1.165) is 13.0 Å². The Labute approximate surface area is 92.2 Å². The molecule has 3 nitrogen and oxygen atoms in total. The van der Waals surface area contributed by atoms with Crippen molar-refractivity contribution in [2.24, 2.45) is 7.05 Å². The van der Waals surface area contributed by atoms with Crippen LogP contribution < -0.4 is 5.32 Å². The van der Waals surface area contributed by atoms with Crippen LogP contribution in [0.25, 0.3) is 0 Å².